The number of carbonyl (C=O) groups excluding carboxylic acids is 2. The van der Waals surface area contributed by atoms with Crippen molar-refractivity contribution in [2.75, 3.05) is 27.3 Å². The first-order valence-corrected chi connectivity index (χ1v) is 16.0. The van der Waals surface area contributed by atoms with Gasteiger partial charge in [0.2, 0.25) is 11.8 Å². The lowest BCUT2D eigenvalue weighted by molar-refractivity contribution is -0.143. The minimum Gasteiger partial charge on any atom is -0.493 e. The summed E-state index contributed by atoms with van der Waals surface area (Å²) in [6.07, 6.45) is 4.01. The molecule has 1 saturated carbocycles. The molecule has 45 heavy (non-hydrogen) atoms. The van der Waals surface area contributed by atoms with Gasteiger partial charge in [-0.25, -0.2) is 9.80 Å². The van der Waals surface area contributed by atoms with E-state index in [1.165, 1.54) is 5.56 Å². The predicted molar refractivity (Wildman–Crippen MR) is 172 cm³/mol. The Morgan fingerprint density at radius 1 is 0.956 bits per heavy atom. The summed E-state index contributed by atoms with van der Waals surface area (Å²) in [7, 11) is 3.21. The van der Waals surface area contributed by atoms with Crippen LogP contribution in [0.3, 0.4) is 0 Å². The maximum atomic E-state index is 13.8. The summed E-state index contributed by atoms with van der Waals surface area (Å²) in [6, 6.07) is 12.7. The van der Waals surface area contributed by atoms with Gasteiger partial charge in [-0.05, 0) is 60.4 Å². The van der Waals surface area contributed by atoms with Crippen molar-refractivity contribution in [3.8, 4) is 11.5 Å². The van der Waals surface area contributed by atoms with Crippen LogP contribution in [0.5, 0.6) is 11.5 Å². The number of piperidine rings is 1. The van der Waals surface area contributed by atoms with E-state index in [2.05, 4.69) is 26.1 Å². The fraction of sp³-hybridized carbons (Fsp3) is 0.543. The van der Waals surface area contributed by atoms with E-state index in [-0.39, 0.29) is 41.5 Å². The molecule has 2 N–H and O–H groups in total. The Labute approximate surface area is 265 Å². The molecule has 2 heterocycles. The van der Waals surface area contributed by atoms with Crippen LogP contribution in [0.4, 0.5) is 4.79 Å². The average Bonchev–Trinajstić information content (AvgIpc) is 3.04. The molecule has 0 radical (unpaired) electrons. The van der Waals surface area contributed by atoms with E-state index in [0.717, 1.165) is 42.5 Å². The third-order valence-electron chi connectivity index (χ3n) is 9.53. The number of likely N-dealkylation sites (tertiary alicyclic amines) is 1. The van der Waals surface area contributed by atoms with Crippen LogP contribution in [0.25, 0.3) is 0 Å². The third kappa shape index (κ3) is 7.10. The highest BCUT2D eigenvalue weighted by atomic mass is 16.5. The number of nitrogens with one attached hydrogen (secondary N) is 1. The topological polar surface area (TPSA) is 121 Å². The average molecular weight is 619 g/mol. The van der Waals surface area contributed by atoms with Gasteiger partial charge in [0.25, 0.3) is 0 Å². The molecule has 3 aliphatic rings. The van der Waals surface area contributed by atoms with E-state index in [4.69, 9.17) is 14.6 Å². The van der Waals surface area contributed by atoms with E-state index in [0.29, 0.717) is 37.4 Å². The second-order valence-electron chi connectivity index (χ2n) is 13.4. The van der Waals surface area contributed by atoms with Gasteiger partial charge in [-0.15, -0.1) is 0 Å². The smallest absolute Gasteiger partial charge is 0.405 e. The highest BCUT2D eigenvalue weighted by Gasteiger charge is 2.44. The van der Waals surface area contributed by atoms with Crippen molar-refractivity contribution >= 4 is 23.6 Å². The van der Waals surface area contributed by atoms with Gasteiger partial charge in [0.05, 0.1) is 26.0 Å². The Morgan fingerprint density at radius 2 is 1.60 bits per heavy atom. The van der Waals surface area contributed by atoms with Crippen LogP contribution >= 0.6 is 0 Å². The second kappa shape index (κ2) is 13.5. The number of benzene rings is 2. The zero-order valence-corrected chi connectivity index (χ0v) is 27.0. The van der Waals surface area contributed by atoms with Gasteiger partial charge in [0.1, 0.15) is 6.04 Å². The van der Waals surface area contributed by atoms with E-state index < -0.39 is 12.1 Å². The van der Waals surface area contributed by atoms with Crippen LogP contribution in [0.2, 0.25) is 0 Å². The lowest BCUT2D eigenvalue weighted by atomic mass is 9.73. The molecule has 2 aromatic carbocycles. The molecule has 0 aromatic heterocycles. The quantitative estimate of drug-likeness (QED) is 0.418. The first-order chi connectivity index (χ1) is 21.5. The number of hydrazone groups is 1. The summed E-state index contributed by atoms with van der Waals surface area (Å²) < 4.78 is 11.0. The molecule has 242 valence electrons. The molecule has 2 aliphatic heterocycles. The van der Waals surface area contributed by atoms with Crippen molar-refractivity contribution in [1.82, 2.24) is 15.2 Å². The summed E-state index contributed by atoms with van der Waals surface area (Å²) in [5, 5.41) is 18.7. The Bertz CT molecular complexity index is 1420. The van der Waals surface area contributed by atoms with Crippen LogP contribution in [0.1, 0.15) is 76.0 Å². The van der Waals surface area contributed by atoms with Gasteiger partial charge in [-0.3, -0.25) is 9.59 Å². The largest absolute Gasteiger partial charge is 0.493 e. The Balaban J connectivity index is 1.31. The monoisotopic (exact) mass is 618 g/mol. The number of hydrogen-bond acceptors (Lipinski definition) is 6. The van der Waals surface area contributed by atoms with Gasteiger partial charge in [-0.2, -0.15) is 5.10 Å². The maximum Gasteiger partial charge on any atom is 0.405 e. The molecule has 2 fully saturated rings. The van der Waals surface area contributed by atoms with Crippen molar-refractivity contribution in [2.45, 2.75) is 83.2 Å². The van der Waals surface area contributed by atoms with Gasteiger partial charge < -0.3 is 24.8 Å². The summed E-state index contributed by atoms with van der Waals surface area (Å²) in [6.45, 7) is 7.25. The molecule has 10 heteroatoms. The number of methoxy groups -OCH3 is 2. The molecular formula is C35H46N4O6. The lowest BCUT2D eigenvalue weighted by Crippen LogP contribution is -2.55. The van der Waals surface area contributed by atoms with Crippen LogP contribution in [0, 0.1) is 11.8 Å². The minimum absolute atomic E-state index is 0.00262. The molecule has 0 bridgehead atoms. The molecule has 3 atom stereocenters. The SMILES string of the molecule is COc1ccc(C2=NN(C3CCN(C(=O)[C@@H](Cc4ccc(C(C)(C)C)cc4)NC(=O)O)CC3)C(=O)[C@@H]3CCCC[C@H]23)cc1OC. The summed E-state index contributed by atoms with van der Waals surface area (Å²) in [5.74, 6) is 1.02. The summed E-state index contributed by atoms with van der Waals surface area (Å²) in [5.41, 5.74) is 3.89. The van der Waals surface area contributed by atoms with Crippen molar-refractivity contribution < 1.29 is 29.0 Å². The van der Waals surface area contributed by atoms with Gasteiger partial charge in [0.15, 0.2) is 11.5 Å². The van der Waals surface area contributed by atoms with Gasteiger partial charge >= 0.3 is 6.09 Å². The van der Waals surface area contributed by atoms with E-state index >= 15 is 0 Å². The van der Waals surface area contributed by atoms with Gasteiger partial charge in [0, 0.05) is 36.9 Å². The number of carbonyl (C=O) groups is 3. The van der Waals surface area contributed by atoms with Crippen molar-refractivity contribution in [1.29, 1.82) is 0 Å². The minimum atomic E-state index is -1.23. The fourth-order valence-corrected chi connectivity index (χ4v) is 6.97. The zero-order valence-electron chi connectivity index (χ0n) is 27.0. The number of ether oxygens (including phenoxy) is 2. The molecule has 1 saturated heterocycles. The molecule has 1 aliphatic carbocycles. The standard InChI is InChI=1S/C35H46N4O6/c1-35(2,3)24-13-10-22(11-14-24)20-28(36-34(42)43)33(41)38-18-16-25(17-19-38)39-32(40)27-9-7-6-8-26(27)31(37-39)23-12-15-29(44-4)30(21-23)45-5/h10-15,21,25-28,36H,6-9,16-20H2,1-5H3,(H,42,43)/t26-,27+,28+/m0/s1. The number of hydrogen-bond donors (Lipinski definition) is 2. The second-order valence-corrected chi connectivity index (χ2v) is 13.4. The number of carboxylic acid groups (broad SMARTS) is 1. The summed E-state index contributed by atoms with van der Waals surface area (Å²) >= 11 is 0. The maximum absolute atomic E-state index is 13.8. The van der Waals surface area contributed by atoms with E-state index in [1.54, 1.807) is 24.1 Å². The normalized spacial score (nSPS) is 21.4. The molecule has 5 rings (SSSR count). The Kier molecular flexibility index (Phi) is 9.70. The Morgan fingerprint density at radius 3 is 2.20 bits per heavy atom. The molecular weight excluding hydrogens is 572 g/mol. The van der Waals surface area contributed by atoms with Crippen LogP contribution < -0.4 is 14.8 Å². The molecule has 0 spiro atoms. The van der Waals surface area contributed by atoms with Crippen molar-refractivity contribution in [2.24, 2.45) is 16.9 Å². The van der Waals surface area contributed by atoms with Crippen molar-refractivity contribution in [3.63, 3.8) is 0 Å². The summed E-state index contributed by atoms with van der Waals surface area (Å²) in [4.78, 5) is 40.8. The first-order valence-electron chi connectivity index (χ1n) is 16.0. The number of amides is 3. The van der Waals surface area contributed by atoms with Crippen LogP contribution in [-0.2, 0) is 21.4 Å². The highest BCUT2D eigenvalue weighted by Crippen LogP contribution is 2.40. The Hall–Kier alpha value is -4.08. The molecule has 10 nitrogen and oxygen atoms in total. The van der Waals surface area contributed by atoms with Crippen LogP contribution in [0.15, 0.2) is 47.6 Å². The predicted octanol–water partition coefficient (Wildman–Crippen LogP) is 5.22. The third-order valence-corrected chi connectivity index (χ3v) is 9.53. The lowest BCUT2D eigenvalue weighted by Gasteiger charge is -2.43. The first kappa shape index (κ1) is 32.3. The van der Waals surface area contributed by atoms with E-state index in [1.807, 2.05) is 42.5 Å². The van der Waals surface area contributed by atoms with Crippen molar-refractivity contribution in [3.05, 3.63) is 59.2 Å². The number of fused-ring (bicyclic) bond motifs is 1. The number of nitrogens with zero attached hydrogens (tertiary/aromatic N) is 3. The van der Waals surface area contributed by atoms with Gasteiger partial charge in [-0.1, -0.05) is 57.9 Å². The van der Waals surface area contributed by atoms with E-state index in [9.17, 15) is 19.5 Å². The fourth-order valence-electron chi connectivity index (χ4n) is 6.97. The molecule has 0 unspecified atom stereocenters. The highest BCUT2D eigenvalue weighted by molar-refractivity contribution is 6.07. The zero-order chi connectivity index (χ0) is 32.3. The van der Waals surface area contributed by atoms with Crippen LogP contribution in [-0.4, -0.2) is 78.0 Å². The molecule has 3 amide bonds. The molecule has 2 aromatic rings. The number of rotatable bonds is 8.